The van der Waals surface area contributed by atoms with Gasteiger partial charge in [0.2, 0.25) is 0 Å². The number of thiazole rings is 1. The molecule has 0 radical (unpaired) electrons. The zero-order valence-electron chi connectivity index (χ0n) is 18.4. The van der Waals surface area contributed by atoms with Crippen molar-refractivity contribution in [3.63, 3.8) is 0 Å². The Kier molecular flexibility index (Phi) is 5.95. The van der Waals surface area contributed by atoms with Crippen LogP contribution in [-0.2, 0) is 24.3 Å². The molecule has 7 nitrogen and oxygen atoms in total. The number of nitrogens with zero attached hydrogens (tertiary/aromatic N) is 3. The number of hydrogen-bond donors (Lipinski definition) is 1. The summed E-state index contributed by atoms with van der Waals surface area (Å²) >= 11 is 7.52. The van der Waals surface area contributed by atoms with E-state index in [0.29, 0.717) is 16.5 Å². The molecular weight excluding hydrogens is 460 g/mol. The van der Waals surface area contributed by atoms with Gasteiger partial charge in [0.05, 0.1) is 34.3 Å². The van der Waals surface area contributed by atoms with E-state index in [2.05, 4.69) is 14.9 Å². The fourth-order valence-electron chi connectivity index (χ4n) is 4.05. The van der Waals surface area contributed by atoms with Crippen LogP contribution in [0, 0.1) is 6.92 Å². The Morgan fingerprint density at radius 1 is 1.21 bits per heavy atom. The first kappa shape index (κ1) is 21.7. The van der Waals surface area contributed by atoms with Crippen LogP contribution >= 0.6 is 22.9 Å². The lowest BCUT2D eigenvalue weighted by Crippen LogP contribution is -2.13. The Morgan fingerprint density at radius 2 is 2.09 bits per heavy atom. The molecule has 0 unspecified atom stereocenters. The zero-order chi connectivity index (χ0) is 22.9. The first-order chi connectivity index (χ1) is 16.0. The lowest BCUT2D eigenvalue weighted by atomic mass is 10.2. The number of imidazole rings is 1. The van der Waals surface area contributed by atoms with Gasteiger partial charge in [-0.2, -0.15) is 0 Å². The minimum absolute atomic E-state index is 0.131. The van der Waals surface area contributed by atoms with Crippen LogP contribution in [0.15, 0.2) is 36.4 Å². The number of nitrogens with one attached hydrogen (secondary N) is 1. The second-order valence-electron chi connectivity index (χ2n) is 7.91. The fraction of sp³-hybridized carbons (Fsp3) is 0.292. The number of fused-ring (bicyclic) bond motifs is 3. The van der Waals surface area contributed by atoms with Gasteiger partial charge in [-0.1, -0.05) is 11.6 Å². The lowest BCUT2D eigenvalue weighted by Gasteiger charge is -2.13. The molecule has 1 aliphatic rings. The van der Waals surface area contributed by atoms with Gasteiger partial charge in [0, 0.05) is 23.7 Å². The molecule has 1 amide bonds. The van der Waals surface area contributed by atoms with Gasteiger partial charge in [-0.3, -0.25) is 5.32 Å². The number of halogens is 1. The number of anilines is 1. The molecule has 1 N–H and O–H groups in total. The van der Waals surface area contributed by atoms with Crippen LogP contribution in [0.25, 0.3) is 21.6 Å². The van der Waals surface area contributed by atoms with E-state index in [1.54, 1.807) is 19.2 Å². The Morgan fingerprint density at radius 3 is 2.94 bits per heavy atom. The van der Waals surface area contributed by atoms with E-state index >= 15 is 0 Å². The molecule has 5 rings (SSSR count). The Bertz CT molecular complexity index is 1350. The summed E-state index contributed by atoms with van der Waals surface area (Å²) in [7, 11) is 1.60. The summed E-state index contributed by atoms with van der Waals surface area (Å²) in [5.41, 5.74) is 4.32. The summed E-state index contributed by atoms with van der Waals surface area (Å²) in [5.74, 6) is 1.77. The molecular formula is C24H23ClN4O3S. The van der Waals surface area contributed by atoms with Crippen LogP contribution in [0.1, 0.15) is 29.2 Å². The summed E-state index contributed by atoms with van der Waals surface area (Å²) in [6.45, 7) is 3.03. The highest BCUT2D eigenvalue weighted by molar-refractivity contribution is 7.15. The molecule has 1 aliphatic heterocycles. The molecule has 0 atom stereocenters. The second-order valence-corrected chi connectivity index (χ2v) is 9.43. The molecule has 0 saturated heterocycles. The molecule has 9 heteroatoms. The average molecular weight is 483 g/mol. The van der Waals surface area contributed by atoms with Gasteiger partial charge in [0.15, 0.2) is 0 Å². The van der Waals surface area contributed by atoms with E-state index in [4.69, 9.17) is 26.1 Å². The minimum atomic E-state index is -0.517. The van der Waals surface area contributed by atoms with E-state index in [1.165, 1.54) is 24.2 Å². The van der Waals surface area contributed by atoms with Gasteiger partial charge in [0.25, 0.3) is 0 Å². The van der Waals surface area contributed by atoms with Crippen LogP contribution in [0.4, 0.5) is 10.5 Å². The van der Waals surface area contributed by atoms with Crippen molar-refractivity contribution >= 4 is 45.8 Å². The number of methoxy groups -OCH3 is 1. The van der Waals surface area contributed by atoms with Gasteiger partial charge in [-0.05, 0) is 56.2 Å². The van der Waals surface area contributed by atoms with Gasteiger partial charge < -0.3 is 14.0 Å². The second kappa shape index (κ2) is 9.03. The summed E-state index contributed by atoms with van der Waals surface area (Å²) < 4.78 is 13.2. The van der Waals surface area contributed by atoms with Crippen LogP contribution in [0.2, 0.25) is 5.02 Å². The minimum Gasteiger partial charge on any atom is -0.496 e. The quantitative estimate of drug-likeness (QED) is 0.365. The van der Waals surface area contributed by atoms with Crippen molar-refractivity contribution in [2.24, 2.45) is 0 Å². The Balaban J connectivity index is 1.26. The van der Waals surface area contributed by atoms with Crippen molar-refractivity contribution in [2.75, 3.05) is 12.4 Å². The van der Waals surface area contributed by atoms with Crippen molar-refractivity contribution in [2.45, 2.75) is 39.3 Å². The van der Waals surface area contributed by atoms with E-state index in [0.717, 1.165) is 51.0 Å². The number of aromatic nitrogens is 3. The number of amides is 1. The maximum absolute atomic E-state index is 12.4. The number of ether oxygens (including phenoxy) is 2. The van der Waals surface area contributed by atoms with Crippen LogP contribution in [-0.4, -0.2) is 27.7 Å². The van der Waals surface area contributed by atoms with Crippen LogP contribution in [0.5, 0.6) is 5.75 Å². The van der Waals surface area contributed by atoms with Gasteiger partial charge in [-0.25, -0.2) is 14.8 Å². The standard InChI is InChI=1S/C24H23ClN4O3S/c1-14-21(33-23(26-14)17-8-6-15(25)11-20(17)31-2)13-32-24(30)27-16-7-9-19-18(12-16)28-22-5-3-4-10-29(19)22/h6-9,11-12H,3-5,10,13H2,1-2H3,(H,27,30). The van der Waals surface area contributed by atoms with E-state index in [1.807, 2.05) is 31.2 Å². The average Bonchev–Trinajstić information content (AvgIpc) is 3.37. The molecule has 4 aromatic rings. The molecule has 0 spiro atoms. The number of rotatable bonds is 5. The smallest absolute Gasteiger partial charge is 0.411 e. The molecule has 0 bridgehead atoms. The van der Waals surface area contributed by atoms with Crippen molar-refractivity contribution in [3.05, 3.63) is 57.8 Å². The Hall–Kier alpha value is -3.10. The highest BCUT2D eigenvalue weighted by atomic mass is 35.5. The number of hydrogen-bond acceptors (Lipinski definition) is 6. The maximum Gasteiger partial charge on any atom is 0.411 e. The number of carbonyl (C=O) groups is 1. The monoisotopic (exact) mass is 482 g/mol. The van der Waals surface area contributed by atoms with Gasteiger partial charge >= 0.3 is 6.09 Å². The van der Waals surface area contributed by atoms with Gasteiger partial charge in [-0.15, -0.1) is 11.3 Å². The zero-order valence-corrected chi connectivity index (χ0v) is 19.9. The number of benzene rings is 2. The van der Waals surface area contributed by atoms with Crippen molar-refractivity contribution in [1.29, 1.82) is 0 Å². The normalized spacial score (nSPS) is 13.1. The highest BCUT2D eigenvalue weighted by Crippen LogP contribution is 2.36. The molecule has 2 aromatic heterocycles. The van der Waals surface area contributed by atoms with Crippen molar-refractivity contribution < 1.29 is 14.3 Å². The van der Waals surface area contributed by atoms with E-state index in [-0.39, 0.29) is 6.61 Å². The third-order valence-electron chi connectivity index (χ3n) is 5.73. The van der Waals surface area contributed by atoms with Crippen LogP contribution < -0.4 is 10.1 Å². The van der Waals surface area contributed by atoms with Crippen LogP contribution in [0.3, 0.4) is 0 Å². The van der Waals surface area contributed by atoms with E-state index < -0.39 is 6.09 Å². The fourth-order valence-corrected chi connectivity index (χ4v) is 5.22. The summed E-state index contributed by atoms with van der Waals surface area (Å²) in [5, 5.41) is 4.19. The lowest BCUT2D eigenvalue weighted by molar-refractivity contribution is 0.156. The molecule has 0 saturated carbocycles. The topological polar surface area (TPSA) is 78.3 Å². The number of aryl methyl sites for hydroxylation is 3. The molecule has 33 heavy (non-hydrogen) atoms. The van der Waals surface area contributed by atoms with E-state index in [9.17, 15) is 4.79 Å². The Labute approximate surface area is 200 Å². The SMILES string of the molecule is COc1cc(Cl)ccc1-c1nc(C)c(COC(=O)Nc2ccc3c(c2)nc2n3CCCC2)s1. The van der Waals surface area contributed by atoms with Gasteiger partial charge in [0.1, 0.15) is 23.2 Å². The van der Waals surface area contributed by atoms with Crippen molar-refractivity contribution in [3.8, 4) is 16.3 Å². The first-order valence-electron chi connectivity index (χ1n) is 10.7. The predicted molar refractivity (Wildman–Crippen MR) is 130 cm³/mol. The molecule has 2 aromatic carbocycles. The third kappa shape index (κ3) is 4.41. The highest BCUT2D eigenvalue weighted by Gasteiger charge is 2.17. The molecule has 0 fully saturated rings. The third-order valence-corrected chi connectivity index (χ3v) is 7.13. The number of carbonyl (C=O) groups excluding carboxylic acids is 1. The first-order valence-corrected chi connectivity index (χ1v) is 11.9. The maximum atomic E-state index is 12.4. The summed E-state index contributed by atoms with van der Waals surface area (Å²) in [6, 6.07) is 11.2. The molecule has 3 heterocycles. The summed E-state index contributed by atoms with van der Waals surface area (Å²) in [4.78, 5) is 22.6. The largest absolute Gasteiger partial charge is 0.496 e. The predicted octanol–water partition coefficient (Wildman–Crippen LogP) is 6.22. The van der Waals surface area contributed by atoms with Crippen molar-refractivity contribution in [1.82, 2.24) is 14.5 Å². The molecule has 0 aliphatic carbocycles. The molecule has 170 valence electrons. The summed E-state index contributed by atoms with van der Waals surface area (Å²) in [6.07, 6.45) is 2.83.